The second-order valence-corrected chi connectivity index (χ2v) is 7.49. The van der Waals surface area contributed by atoms with Gasteiger partial charge in [0.25, 0.3) is 0 Å². The van der Waals surface area contributed by atoms with Gasteiger partial charge in [-0.3, -0.25) is 0 Å². The molecule has 5 nitrogen and oxygen atoms in total. The van der Waals surface area contributed by atoms with Gasteiger partial charge in [-0.15, -0.1) is 0 Å². The summed E-state index contributed by atoms with van der Waals surface area (Å²) in [5.74, 6) is -0.328. The molecular weight excluding hydrogens is 443 g/mol. The van der Waals surface area contributed by atoms with Crippen molar-refractivity contribution < 1.29 is 23.4 Å². The molecule has 32 heavy (non-hydrogen) atoms. The van der Waals surface area contributed by atoms with Crippen LogP contribution in [0.25, 0.3) is 28.3 Å². The second-order valence-electron chi connectivity index (χ2n) is 7.06. The molecule has 2 aromatic heterocycles. The highest BCUT2D eigenvalue weighted by Gasteiger charge is 2.37. The molecule has 0 unspecified atom stereocenters. The zero-order chi connectivity index (χ0) is 23.0. The summed E-state index contributed by atoms with van der Waals surface area (Å²) in [5, 5.41) is 23.7. The molecule has 2 aromatic carbocycles. The van der Waals surface area contributed by atoms with Gasteiger partial charge in [-0.05, 0) is 61.0 Å². The minimum Gasteiger partial charge on any atom is -0.508 e. The zero-order valence-electron chi connectivity index (χ0n) is 16.7. The first kappa shape index (κ1) is 21.7. The van der Waals surface area contributed by atoms with Crippen LogP contribution in [0.4, 0.5) is 13.2 Å². The molecule has 0 spiro atoms. The van der Waals surface area contributed by atoms with E-state index < -0.39 is 17.6 Å². The van der Waals surface area contributed by atoms with Gasteiger partial charge in [-0.25, -0.2) is 9.67 Å². The number of pyridine rings is 1. The molecular formula is C23H17ClF3N3O2. The maximum Gasteiger partial charge on any atom is 0.420 e. The molecule has 0 fully saturated rings. The van der Waals surface area contributed by atoms with Crippen molar-refractivity contribution in [2.24, 2.45) is 0 Å². The van der Waals surface area contributed by atoms with Gasteiger partial charge in [0.1, 0.15) is 17.1 Å². The summed E-state index contributed by atoms with van der Waals surface area (Å²) in [5.41, 5.74) is 1.72. The molecule has 4 aromatic rings. The smallest absolute Gasteiger partial charge is 0.420 e. The van der Waals surface area contributed by atoms with Crippen LogP contribution >= 0.6 is 11.6 Å². The maximum absolute atomic E-state index is 13.9. The van der Waals surface area contributed by atoms with Crippen molar-refractivity contribution in [3.8, 4) is 39.8 Å². The molecule has 9 heteroatoms. The number of nitrogens with zero attached hydrogens (tertiary/aromatic N) is 3. The fraction of sp³-hybridized carbons (Fsp3) is 0.130. The number of hydrogen-bond donors (Lipinski definition) is 2. The summed E-state index contributed by atoms with van der Waals surface area (Å²) in [6.45, 7) is 1.87. The molecule has 0 bridgehead atoms. The van der Waals surface area contributed by atoms with E-state index in [2.05, 4.69) is 10.1 Å². The minimum absolute atomic E-state index is 0.0252. The van der Waals surface area contributed by atoms with Crippen LogP contribution in [0.3, 0.4) is 0 Å². The van der Waals surface area contributed by atoms with E-state index in [9.17, 15) is 23.4 Å². The summed E-state index contributed by atoms with van der Waals surface area (Å²) in [6.07, 6.45) is -3.11. The maximum atomic E-state index is 13.9. The number of aromatic hydroxyl groups is 2. The summed E-state index contributed by atoms with van der Waals surface area (Å²) in [6, 6.07) is 13.2. The van der Waals surface area contributed by atoms with Crippen molar-refractivity contribution >= 4 is 11.6 Å². The van der Waals surface area contributed by atoms with Crippen molar-refractivity contribution in [2.45, 2.75) is 19.5 Å². The van der Waals surface area contributed by atoms with Gasteiger partial charge in [0.15, 0.2) is 5.82 Å². The van der Waals surface area contributed by atoms with Gasteiger partial charge in [0.05, 0.1) is 16.4 Å². The normalized spacial score (nSPS) is 11.7. The third kappa shape index (κ3) is 4.01. The first-order valence-electron chi connectivity index (χ1n) is 9.63. The van der Waals surface area contributed by atoms with Crippen LogP contribution in [0, 0.1) is 0 Å². The monoisotopic (exact) mass is 459 g/mol. The lowest BCUT2D eigenvalue weighted by Crippen LogP contribution is -2.14. The second kappa shape index (κ2) is 8.20. The average Bonchev–Trinajstić information content (AvgIpc) is 3.13. The Morgan fingerprint density at radius 2 is 1.50 bits per heavy atom. The van der Waals surface area contributed by atoms with Crippen molar-refractivity contribution in [2.75, 3.05) is 0 Å². The fourth-order valence-corrected chi connectivity index (χ4v) is 3.67. The van der Waals surface area contributed by atoms with Crippen LogP contribution in [0.1, 0.15) is 18.1 Å². The number of phenolic OH excluding ortho intramolecular Hbond substituents is 2. The van der Waals surface area contributed by atoms with Crippen LogP contribution < -0.4 is 0 Å². The Kier molecular flexibility index (Phi) is 5.56. The molecule has 2 heterocycles. The quantitative estimate of drug-likeness (QED) is 0.378. The van der Waals surface area contributed by atoms with Crippen LogP contribution in [-0.2, 0) is 12.6 Å². The zero-order valence-corrected chi connectivity index (χ0v) is 17.5. The number of hydrogen-bond acceptors (Lipinski definition) is 4. The topological polar surface area (TPSA) is 71.2 Å². The lowest BCUT2D eigenvalue weighted by molar-refractivity contribution is -0.137. The third-order valence-electron chi connectivity index (χ3n) is 4.96. The van der Waals surface area contributed by atoms with E-state index >= 15 is 0 Å². The third-order valence-corrected chi connectivity index (χ3v) is 5.16. The van der Waals surface area contributed by atoms with Gasteiger partial charge < -0.3 is 10.2 Å². The molecule has 0 aliphatic heterocycles. The number of alkyl halides is 3. The Balaban J connectivity index is 2.07. The fourth-order valence-electron chi connectivity index (χ4n) is 3.52. The highest BCUT2D eigenvalue weighted by Crippen LogP contribution is 2.39. The summed E-state index contributed by atoms with van der Waals surface area (Å²) in [4.78, 5) is 3.97. The largest absolute Gasteiger partial charge is 0.508 e. The van der Waals surface area contributed by atoms with Crippen LogP contribution in [0.2, 0.25) is 5.02 Å². The standard InChI is InChI=1S/C23H17ClF3N3O2/c1-2-18-20(13-3-7-16(31)8-4-13)29-30(21(18)14-5-9-17(32)10-6-14)22-19(23(25,26)27)11-15(24)12-28-22/h3-12,31-32H,2H2,1H3. The molecule has 0 aliphatic rings. The number of rotatable bonds is 4. The van der Waals surface area contributed by atoms with E-state index in [1.165, 1.54) is 24.3 Å². The Bertz CT molecular complexity index is 1270. The molecule has 0 atom stereocenters. The molecule has 0 saturated heterocycles. The first-order valence-corrected chi connectivity index (χ1v) is 10.0. The highest BCUT2D eigenvalue weighted by atomic mass is 35.5. The number of halogens is 4. The molecule has 164 valence electrons. The van der Waals surface area contributed by atoms with E-state index in [-0.39, 0.29) is 16.5 Å². The number of benzene rings is 2. The highest BCUT2D eigenvalue weighted by molar-refractivity contribution is 6.30. The SMILES string of the molecule is CCc1c(-c2ccc(O)cc2)nn(-c2ncc(Cl)cc2C(F)(F)F)c1-c1ccc(O)cc1. The minimum atomic E-state index is -4.71. The number of aromatic nitrogens is 3. The Labute approximate surface area is 186 Å². The first-order chi connectivity index (χ1) is 15.2. The van der Waals surface area contributed by atoms with Crippen LogP contribution in [0.5, 0.6) is 11.5 Å². The van der Waals surface area contributed by atoms with E-state index in [0.29, 0.717) is 34.5 Å². The Hall–Kier alpha value is -3.52. The van der Waals surface area contributed by atoms with Gasteiger partial charge in [-0.2, -0.15) is 18.3 Å². The molecule has 2 N–H and O–H groups in total. The van der Waals surface area contributed by atoms with Crippen molar-refractivity contribution in [3.05, 3.63) is 76.9 Å². The predicted molar refractivity (Wildman–Crippen MR) is 115 cm³/mol. The van der Waals surface area contributed by atoms with Crippen molar-refractivity contribution in [3.63, 3.8) is 0 Å². The predicted octanol–water partition coefficient (Wildman–Crippen LogP) is 6.25. The summed E-state index contributed by atoms with van der Waals surface area (Å²) < 4.78 is 42.7. The molecule has 4 rings (SSSR count). The Morgan fingerprint density at radius 1 is 0.938 bits per heavy atom. The summed E-state index contributed by atoms with van der Waals surface area (Å²) >= 11 is 5.82. The van der Waals surface area contributed by atoms with E-state index in [4.69, 9.17) is 11.6 Å². The average molecular weight is 460 g/mol. The van der Waals surface area contributed by atoms with Crippen molar-refractivity contribution in [1.29, 1.82) is 0 Å². The van der Waals surface area contributed by atoms with E-state index in [1.807, 2.05) is 6.92 Å². The lowest BCUT2D eigenvalue weighted by Gasteiger charge is -2.15. The Morgan fingerprint density at radius 3 is 2.03 bits per heavy atom. The van der Waals surface area contributed by atoms with Crippen LogP contribution in [0.15, 0.2) is 60.8 Å². The molecule has 0 aliphatic carbocycles. The van der Waals surface area contributed by atoms with Crippen LogP contribution in [-0.4, -0.2) is 25.0 Å². The van der Waals surface area contributed by atoms with Gasteiger partial charge in [0.2, 0.25) is 0 Å². The van der Waals surface area contributed by atoms with E-state index in [1.54, 1.807) is 24.3 Å². The molecule has 0 amide bonds. The van der Waals surface area contributed by atoms with Crippen molar-refractivity contribution in [1.82, 2.24) is 14.8 Å². The van der Waals surface area contributed by atoms with Gasteiger partial charge >= 0.3 is 6.18 Å². The van der Waals surface area contributed by atoms with E-state index in [0.717, 1.165) is 16.9 Å². The number of phenols is 2. The van der Waals surface area contributed by atoms with Gasteiger partial charge in [-0.1, -0.05) is 18.5 Å². The molecule has 0 saturated carbocycles. The lowest BCUT2D eigenvalue weighted by atomic mass is 9.99. The molecule has 0 radical (unpaired) electrons. The summed E-state index contributed by atoms with van der Waals surface area (Å²) in [7, 11) is 0. The van der Waals surface area contributed by atoms with Gasteiger partial charge in [0, 0.05) is 22.9 Å².